The van der Waals surface area contributed by atoms with Crippen LogP contribution in [0.5, 0.6) is 17.2 Å². The Balaban J connectivity index is 2.37. The zero-order valence-corrected chi connectivity index (χ0v) is 28.5. The third kappa shape index (κ3) is 7.31. The molecule has 2 aromatic rings. The van der Waals surface area contributed by atoms with E-state index in [2.05, 4.69) is 18.7 Å². The highest BCUT2D eigenvalue weighted by atomic mass is 32.1. The van der Waals surface area contributed by atoms with Crippen molar-refractivity contribution in [3.8, 4) is 34.6 Å². The van der Waals surface area contributed by atoms with Gasteiger partial charge in [0, 0.05) is 43.8 Å². The number of imide groups is 1. The topological polar surface area (TPSA) is 125 Å². The van der Waals surface area contributed by atoms with Gasteiger partial charge in [0.1, 0.15) is 28.9 Å². The van der Waals surface area contributed by atoms with E-state index in [1.54, 1.807) is 60.3 Å². The predicted molar refractivity (Wildman–Crippen MR) is 175 cm³/mol. The van der Waals surface area contributed by atoms with Crippen LogP contribution in [-0.2, 0) is 14.4 Å². The summed E-state index contributed by atoms with van der Waals surface area (Å²) in [4.78, 5) is 48.1. The average Bonchev–Trinajstić information content (AvgIpc) is 3.44. The van der Waals surface area contributed by atoms with Crippen LogP contribution in [0.3, 0.4) is 0 Å². The summed E-state index contributed by atoms with van der Waals surface area (Å²) in [6.45, 7) is 10.8. The van der Waals surface area contributed by atoms with E-state index in [0.29, 0.717) is 33.4 Å². The van der Waals surface area contributed by atoms with Gasteiger partial charge in [0.2, 0.25) is 5.91 Å². The fourth-order valence-corrected chi connectivity index (χ4v) is 5.98. The van der Waals surface area contributed by atoms with Gasteiger partial charge in [-0.25, -0.2) is 9.99 Å². The number of thiazole rings is 1. The minimum Gasteiger partial charge on any atom is -0.496 e. The van der Waals surface area contributed by atoms with E-state index in [9.17, 15) is 19.6 Å². The molecule has 1 aromatic carbocycles. The maximum absolute atomic E-state index is 14.0. The Morgan fingerprint density at radius 1 is 1.04 bits per heavy atom. The van der Waals surface area contributed by atoms with E-state index >= 15 is 0 Å². The number of hydrogen-bond acceptors (Lipinski definition) is 10. The number of rotatable bonds is 14. The number of amides is 3. The van der Waals surface area contributed by atoms with Crippen molar-refractivity contribution in [3.05, 3.63) is 33.7 Å². The van der Waals surface area contributed by atoms with Gasteiger partial charge < -0.3 is 19.1 Å². The fourth-order valence-electron chi connectivity index (χ4n) is 4.92. The summed E-state index contributed by atoms with van der Waals surface area (Å²) in [5.74, 6) is -1.04. The van der Waals surface area contributed by atoms with Crippen molar-refractivity contribution in [1.82, 2.24) is 15.0 Å². The zero-order valence-electron chi connectivity index (χ0n) is 27.6. The lowest BCUT2D eigenvalue weighted by Crippen LogP contribution is -2.54. The van der Waals surface area contributed by atoms with E-state index in [1.165, 1.54) is 18.4 Å². The Hall–Kier alpha value is -4.37. The molecule has 3 rings (SSSR count). The lowest BCUT2D eigenvalue weighted by molar-refractivity contribution is -0.168. The summed E-state index contributed by atoms with van der Waals surface area (Å²) in [6.07, 6.45) is 5.62. The van der Waals surface area contributed by atoms with Gasteiger partial charge >= 0.3 is 0 Å². The first kappa shape index (κ1) is 35.1. The molecule has 0 spiro atoms. The largest absolute Gasteiger partial charge is 0.496 e. The number of nitrogens with zero attached hydrogens (tertiary/aromatic N) is 5. The predicted octanol–water partition coefficient (Wildman–Crippen LogP) is 5.86. The van der Waals surface area contributed by atoms with Gasteiger partial charge in [0.25, 0.3) is 11.8 Å². The molecular formula is C33H43N5O6S. The molecule has 1 aliphatic heterocycles. The summed E-state index contributed by atoms with van der Waals surface area (Å²) < 4.78 is 17.0. The molecule has 0 saturated carbocycles. The second kappa shape index (κ2) is 15.6. The first-order valence-electron chi connectivity index (χ1n) is 15.0. The van der Waals surface area contributed by atoms with Crippen molar-refractivity contribution in [2.24, 2.45) is 5.92 Å². The maximum Gasteiger partial charge on any atom is 0.290 e. The zero-order chi connectivity index (χ0) is 33.4. The van der Waals surface area contributed by atoms with E-state index < -0.39 is 23.6 Å². The summed E-state index contributed by atoms with van der Waals surface area (Å²) >= 11 is 1.39. The van der Waals surface area contributed by atoms with Gasteiger partial charge in [-0.1, -0.05) is 51.9 Å². The highest BCUT2D eigenvalue weighted by Crippen LogP contribution is 2.46. The molecule has 1 aliphatic rings. The lowest BCUT2D eigenvalue weighted by atomic mass is 9.95. The van der Waals surface area contributed by atoms with Gasteiger partial charge in [-0.05, 0) is 31.4 Å². The van der Waals surface area contributed by atoms with Gasteiger partial charge in [0.15, 0.2) is 5.13 Å². The minimum atomic E-state index is -0.845. The highest BCUT2D eigenvalue weighted by molar-refractivity contribution is 7.17. The Morgan fingerprint density at radius 3 is 2.09 bits per heavy atom. The van der Waals surface area contributed by atoms with Gasteiger partial charge in [0.05, 0.1) is 37.5 Å². The molecular weight excluding hydrogens is 594 g/mol. The summed E-state index contributed by atoms with van der Waals surface area (Å²) in [6, 6.07) is 5.41. The first-order chi connectivity index (χ1) is 21.5. The highest BCUT2D eigenvalue weighted by Gasteiger charge is 2.40. The number of unbranched alkanes of at least 4 members (excludes halogenated alkanes) is 2. The molecule has 0 unspecified atom stereocenters. The monoisotopic (exact) mass is 637 g/mol. The number of ether oxygens (including phenoxy) is 3. The van der Waals surface area contributed by atoms with E-state index in [4.69, 9.17) is 19.2 Å². The number of anilines is 1. The van der Waals surface area contributed by atoms with Crippen molar-refractivity contribution >= 4 is 40.3 Å². The van der Waals surface area contributed by atoms with Crippen molar-refractivity contribution in [1.29, 1.82) is 5.26 Å². The first-order valence-corrected chi connectivity index (χ1v) is 15.9. The number of methoxy groups -OCH3 is 3. The number of aromatic nitrogens is 1. The normalized spacial score (nSPS) is 14.2. The van der Waals surface area contributed by atoms with Crippen molar-refractivity contribution < 1.29 is 28.6 Å². The molecule has 11 nitrogen and oxygen atoms in total. The van der Waals surface area contributed by atoms with Crippen LogP contribution in [0, 0.1) is 17.2 Å². The Kier molecular flexibility index (Phi) is 12.1. The van der Waals surface area contributed by atoms with Crippen LogP contribution in [0.1, 0.15) is 65.2 Å². The van der Waals surface area contributed by atoms with Crippen LogP contribution in [0.4, 0.5) is 5.13 Å². The molecule has 45 heavy (non-hydrogen) atoms. The molecule has 1 aromatic heterocycles. The van der Waals surface area contributed by atoms with Crippen LogP contribution in [0.2, 0.25) is 0 Å². The minimum absolute atomic E-state index is 0.103. The smallest absolute Gasteiger partial charge is 0.290 e. The van der Waals surface area contributed by atoms with Crippen molar-refractivity contribution in [2.45, 2.75) is 60.3 Å². The van der Waals surface area contributed by atoms with Gasteiger partial charge in [-0.3, -0.25) is 14.4 Å². The van der Waals surface area contributed by atoms with E-state index in [1.807, 2.05) is 6.07 Å². The second-order valence-corrected chi connectivity index (χ2v) is 11.9. The van der Waals surface area contributed by atoms with E-state index in [-0.39, 0.29) is 16.7 Å². The van der Waals surface area contributed by atoms with Crippen molar-refractivity contribution in [3.63, 3.8) is 0 Å². The van der Waals surface area contributed by atoms with Gasteiger partial charge in [-0.15, -0.1) is 0 Å². The summed E-state index contributed by atoms with van der Waals surface area (Å²) in [5, 5.41) is 12.4. The molecule has 3 amide bonds. The van der Waals surface area contributed by atoms with Crippen LogP contribution < -0.4 is 19.1 Å². The Morgan fingerprint density at radius 2 is 1.62 bits per heavy atom. The number of benzene rings is 1. The number of hydrazine groups is 1. The van der Waals surface area contributed by atoms with Crippen LogP contribution in [0.15, 0.2) is 28.9 Å². The second-order valence-electron chi connectivity index (χ2n) is 10.9. The Bertz CT molecular complexity index is 1500. The molecule has 0 fully saturated rings. The van der Waals surface area contributed by atoms with Crippen molar-refractivity contribution in [2.75, 3.05) is 46.4 Å². The van der Waals surface area contributed by atoms with Crippen LogP contribution in [0.25, 0.3) is 17.3 Å². The standard InChI is InChI=1S/C33H43N5O6S/c1-10-12-14-37(15-13-11-2)33-35-29(28-25(43-8)16-22(42-7)17-26(28)44-9)27(45-33)18-23-21(5)24(19-34)32(41)38(31(23)40)36(6)30(39)20(3)4/h16-18,20H,10-15H2,1-9H3/b23-18-. The van der Waals surface area contributed by atoms with Crippen LogP contribution >= 0.6 is 11.3 Å². The molecule has 12 heteroatoms. The number of carbonyl (C=O) groups is 3. The third-order valence-electron chi connectivity index (χ3n) is 7.54. The lowest BCUT2D eigenvalue weighted by Gasteiger charge is -2.34. The molecule has 0 aliphatic carbocycles. The molecule has 0 N–H and O–H groups in total. The molecule has 0 saturated heterocycles. The SMILES string of the molecule is CCCCN(CCCC)c1nc(-c2c(OC)cc(OC)cc2OC)c(/C=C2\C(=O)N(N(C)C(=O)C(C)C)C(=O)C(C#N)=C2C)s1. The number of hydrogen-bond donors (Lipinski definition) is 0. The maximum atomic E-state index is 14.0. The Labute approximate surface area is 269 Å². The molecule has 2 heterocycles. The fraction of sp³-hybridized carbons (Fsp3) is 0.485. The molecule has 0 atom stereocenters. The number of nitriles is 1. The summed E-state index contributed by atoms with van der Waals surface area (Å²) in [7, 11) is 5.99. The molecule has 0 radical (unpaired) electrons. The number of carbonyl (C=O) groups excluding carboxylic acids is 3. The average molecular weight is 638 g/mol. The van der Waals surface area contributed by atoms with Crippen LogP contribution in [-0.4, -0.2) is 74.2 Å². The molecule has 0 bridgehead atoms. The quantitative estimate of drug-likeness (QED) is 0.185. The van der Waals surface area contributed by atoms with E-state index in [0.717, 1.165) is 53.9 Å². The third-order valence-corrected chi connectivity index (χ3v) is 8.60. The summed E-state index contributed by atoms with van der Waals surface area (Å²) in [5.41, 5.74) is 1.17. The van der Waals surface area contributed by atoms with Gasteiger partial charge in [-0.2, -0.15) is 10.3 Å². The molecule has 242 valence electrons.